The fourth-order valence-corrected chi connectivity index (χ4v) is 1.42. The van der Waals surface area contributed by atoms with Gasteiger partial charge in [-0.3, -0.25) is 4.79 Å². The van der Waals surface area contributed by atoms with Crippen LogP contribution in [0.25, 0.3) is 0 Å². The topological polar surface area (TPSA) is 102 Å². The molecule has 6 heteroatoms. The normalized spacial score (nSPS) is 14.9. The Morgan fingerprint density at radius 3 is 2.21 bits per heavy atom. The van der Waals surface area contributed by atoms with Gasteiger partial charge in [-0.1, -0.05) is 13.8 Å². The molecule has 0 rings (SSSR count). The lowest BCUT2D eigenvalue weighted by Gasteiger charge is -2.26. The van der Waals surface area contributed by atoms with E-state index in [2.05, 4.69) is 5.32 Å². The van der Waals surface area contributed by atoms with Crippen molar-refractivity contribution in [1.82, 2.24) is 5.32 Å². The fraction of sp³-hybridized carbons (Fsp3) is 0.846. The minimum Gasteiger partial charge on any atom is -0.458 e. The highest BCUT2D eigenvalue weighted by Gasteiger charge is 2.28. The van der Waals surface area contributed by atoms with Crippen molar-refractivity contribution in [1.29, 1.82) is 0 Å². The molecule has 0 unspecified atom stereocenters. The van der Waals surface area contributed by atoms with Crippen LogP contribution in [0, 0.1) is 5.92 Å². The molecule has 0 aliphatic rings. The summed E-state index contributed by atoms with van der Waals surface area (Å²) in [5.41, 5.74) is 4.79. The molecule has 0 saturated carbocycles. The maximum absolute atomic E-state index is 12.0. The Morgan fingerprint density at radius 1 is 1.32 bits per heavy atom. The predicted octanol–water partition coefficient (Wildman–Crippen LogP) is 0.179. The van der Waals surface area contributed by atoms with E-state index in [9.17, 15) is 9.59 Å². The van der Waals surface area contributed by atoms with Crippen LogP contribution in [0.1, 0.15) is 41.0 Å². The molecule has 0 aliphatic carbocycles. The monoisotopic (exact) mass is 274 g/mol. The molecule has 4 N–H and O–H groups in total. The molecule has 19 heavy (non-hydrogen) atoms. The number of aliphatic hydroxyl groups excluding tert-OH is 1. The fourth-order valence-electron chi connectivity index (χ4n) is 1.42. The second kappa shape index (κ2) is 7.45. The van der Waals surface area contributed by atoms with Crippen LogP contribution in [-0.2, 0) is 14.3 Å². The van der Waals surface area contributed by atoms with Gasteiger partial charge in [0.15, 0.2) is 0 Å². The number of rotatable bonds is 6. The van der Waals surface area contributed by atoms with Gasteiger partial charge in [0.05, 0.1) is 6.61 Å². The molecule has 0 aromatic rings. The first kappa shape index (κ1) is 17.9. The third-order valence-electron chi connectivity index (χ3n) is 2.25. The summed E-state index contributed by atoms with van der Waals surface area (Å²) >= 11 is 0. The molecule has 0 bridgehead atoms. The number of amides is 1. The third-order valence-corrected chi connectivity index (χ3v) is 2.25. The van der Waals surface area contributed by atoms with E-state index in [1.807, 2.05) is 13.8 Å². The molecule has 0 spiro atoms. The molecule has 112 valence electrons. The summed E-state index contributed by atoms with van der Waals surface area (Å²) in [5.74, 6) is -0.832. The van der Waals surface area contributed by atoms with E-state index in [1.54, 1.807) is 20.8 Å². The Hall–Kier alpha value is -1.14. The van der Waals surface area contributed by atoms with Gasteiger partial charge in [0.2, 0.25) is 5.91 Å². The highest BCUT2D eigenvalue weighted by Crippen LogP contribution is 2.12. The van der Waals surface area contributed by atoms with E-state index < -0.39 is 36.2 Å². The number of esters is 1. The minimum absolute atomic E-state index is 0.211. The van der Waals surface area contributed by atoms with Crippen molar-refractivity contribution in [2.75, 3.05) is 6.61 Å². The van der Waals surface area contributed by atoms with Gasteiger partial charge in [0.25, 0.3) is 0 Å². The Balaban J connectivity index is 4.72. The molecule has 0 aromatic carbocycles. The van der Waals surface area contributed by atoms with E-state index in [0.29, 0.717) is 6.42 Å². The van der Waals surface area contributed by atoms with Gasteiger partial charge in [-0.15, -0.1) is 0 Å². The van der Waals surface area contributed by atoms with Crippen LogP contribution in [0.15, 0.2) is 0 Å². The van der Waals surface area contributed by atoms with E-state index in [0.717, 1.165) is 0 Å². The predicted molar refractivity (Wildman–Crippen MR) is 72.3 cm³/mol. The van der Waals surface area contributed by atoms with Crippen LogP contribution in [0.4, 0.5) is 0 Å². The number of hydrogen-bond donors (Lipinski definition) is 3. The first-order valence-corrected chi connectivity index (χ1v) is 6.46. The van der Waals surface area contributed by atoms with Gasteiger partial charge in [0, 0.05) is 0 Å². The van der Waals surface area contributed by atoms with Crippen molar-refractivity contribution >= 4 is 11.9 Å². The number of carbonyl (C=O) groups excluding carboxylic acids is 2. The number of carbonyl (C=O) groups is 2. The number of aliphatic hydroxyl groups is 1. The summed E-state index contributed by atoms with van der Waals surface area (Å²) in [5, 5.41) is 11.3. The maximum atomic E-state index is 12.0. The molecule has 0 heterocycles. The number of ether oxygens (including phenoxy) is 1. The molecule has 0 aliphatic heterocycles. The molecular weight excluding hydrogens is 248 g/mol. The lowest BCUT2D eigenvalue weighted by molar-refractivity contribution is -0.159. The van der Waals surface area contributed by atoms with Crippen molar-refractivity contribution in [2.45, 2.75) is 58.7 Å². The Bertz CT molecular complexity index is 310. The zero-order valence-corrected chi connectivity index (χ0v) is 12.4. The van der Waals surface area contributed by atoms with E-state index in [4.69, 9.17) is 15.6 Å². The Kier molecular flexibility index (Phi) is 7.00. The molecule has 0 saturated heterocycles. The van der Waals surface area contributed by atoms with Gasteiger partial charge < -0.3 is 20.9 Å². The van der Waals surface area contributed by atoms with Crippen molar-refractivity contribution in [3.8, 4) is 0 Å². The molecule has 6 nitrogen and oxygen atoms in total. The summed E-state index contributed by atoms with van der Waals surface area (Å²) in [4.78, 5) is 23.6. The van der Waals surface area contributed by atoms with E-state index in [-0.39, 0.29) is 5.92 Å². The average Bonchev–Trinajstić information content (AvgIpc) is 2.23. The minimum atomic E-state index is -1.03. The second-order valence-electron chi connectivity index (χ2n) is 6.01. The van der Waals surface area contributed by atoms with Crippen molar-refractivity contribution in [3.63, 3.8) is 0 Å². The first-order chi connectivity index (χ1) is 8.56. The largest absolute Gasteiger partial charge is 0.458 e. The van der Waals surface area contributed by atoms with Crippen LogP contribution in [0.2, 0.25) is 0 Å². The zero-order chi connectivity index (χ0) is 15.2. The molecule has 1 amide bonds. The molecule has 2 atom stereocenters. The second-order valence-corrected chi connectivity index (χ2v) is 6.01. The highest BCUT2D eigenvalue weighted by molar-refractivity contribution is 5.87. The summed E-state index contributed by atoms with van der Waals surface area (Å²) in [7, 11) is 0. The van der Waals surface area contributed by atoms with Crippen LogP contribution in [0.5, 0.6) is 0 Å². The number of nitrogens with two attached hydrogens (primary N) is 1. The quantitative estimate of drug-likeness (QED) is 0.600. The molecule has 0 radical (unpaired) electrons. The van der Waals surface area contributed by atoms with Gasteiger partial charge >= 0.3 is 5.97 Å². The van der Waals surface area contributed by atoms with Gasteiger partial charge in [-0.2, -0.15) is 0 Å². The third kappa shape index (κ3) is 7.79. The van der Waals surface area contributed by atoms with Crippen molar-refractivity contribution in [2.24, 2.45) is 11.7 Å². The summed E-state index contributed by atoms with van der Waals surface area (Å²) in [6.07, 6.45) is 0.457. The lowest BCUT2D eigenvalue weighted by Crippen LogP contribution is -2.51. The Labute approximate surface area is 114 Å². The highest BCUT2D eigenvalue weighted by atomic mass is 16.6. The molecule has 0 fully saturated rings. The smallest absolute Gasteiger partial charge is 0.329 e. The summed E-state index contributed by atoms with van der Waals surface area (Å²) < 4.78 is 5.26. The SMILES string of the molecule is CC(C)C[C@H](NC(=O)[C@@H](N)CO)C(=O)OC(C)(C)C. The van der Waals surface area contributed by atoms with Gasteiger partial charge in [-0.05, 0) is 33.1 Å². The van der Waals surface area contributed by atoms with Crippen LogP contribution < -0.4 is 11.1 Å². The molecule has 0 aromatic heterocycles. The maximum Gasteiger partial charge on any atom is 0.329 e. The lowest BCUT2D eigenvalue weighted by atomic mass is 10.0. The first-order valence-electron chi connectivity index (χ1n) is 6.46. The Morgan fingerprint density at radius 2 is 1.84 bits per heavy atom. The summed E-state index contributed by atoms with van der Waals surface area (Å²) in [6, 6.07) is -1.78. The van der Waals surface area contributed by atoms with Crippen molar-refractivity contribution in [3.05, 3.63) is 0 Å². The zero-order valence-electron chi connectivity index (χ0n) is 12.4. The van der Waals surface area contributed by atoms with Crippen LogP contribution in [0.3, 0.4) is 0 Å². The average molecular weight is 274 g/mol. The summed E-state index contributed by atoms with van der Waals surface area (Å²) in [6.45, 7) is 8.70. The van der Waals surface area contributed by atoms with E-state index >= 15 is 0 Å². The standard InChI is InChI=1S/C13H26N2O4/c1-8(2)6-10(12(18)19-13(3,4)5)15-11(17)9(14)7-16/h8-10,16H,6-7,14H2,1-5H3,(H,15,17)/t9-,10-/m0/s1. The molecular formula is C13H26N2O4. The van der Waals surface area contributed by atoms with Crippen molar-refractivity contribution < 1.29 is 19.4 Å². The van der Waals surface area contributed by atoms with Crippen LogP contribution in [-0.4, -0.2) is 41.3 Å². The van der Waals surface area contributed by atoms with Gasteiger partial charge in [0.1, 0.15) is 17.7 Å². The van der Waals surface area contributed by atoms with Crippen LogP contribution >= 0.6 is 0 Å². The van der Waals surface area contributed by atoms with E-state index in [1.165, 1.54) is 0 Å². The number of hydrogen-bond acceptors (Lipinski definition) is 5. The van der Waals surface area contributed by atoms with Gasteiger partial charge in [-0.25, -0.2) is 4.79 Å². The number of nitrogens with one attached hydrogen (secondary N) is 1.